The van der Waals surface area contributed by atoms with Crippen molar-refractivity contribution in [3.63, 3.8) is 0 Å². The Bertz CT molecular complexity index is 145. The van der Waals surface area contributed by atoms with Crippen molar-refractivity contribution in [3.05, 3.63) is 0 Å². The van der Waals surface area contributed by atoms with Gasteiger partial charge < -0.3 is 0 Å². The van der Waals surface area contributed by atoms with Crippen LogP contribution < -0.4 is 0 Å². The first-order chi connectivity index (χ1) is 4.42. The summed E-state index contributed by atoms with van der Waals surface area (Å²) in [5.74, 6) is 3.10. The summed E-state index contributed by atoms with van der Waals surface area (Å²) in [7, 11) is -1.14. The number of alkyl halides is 1. The first-order valence-corrected chi connectivity index (χ1v) is 7.49. The molecule has 0 aromatic heterocycles. The highest BCUT2D eigenvalue weighted by Gasteiger charge is 2.07. The first kappa shape index (κ1) is 10.1. The molecule has 0 spiro atoms. The van der Waals surface area contributed by atoms with Gasteiger partial charge in [-0.2, -0.15) is 0 Å². The van der Waals surface area contributed by atoms with Gasteiger partial charge in [0.25, 0.3) is 0 Å². The van der Waals surface area contributed by atoms with Gasteiger partial charge in [-0.05, 0) is 6.92 Å². The van der Waals surface area contributed by atoms with Crippen molar-refractivity contribution in [1.82, 2.24) is 0 Å². The Morgan fingerprint density at radius 2 is 1.90 bits per heavy atom. The summed E-state index contributed by atoms with van der Waals surface area (Å²) in [5, 5.41) is 0.198. The fourth-order valence-corrected chi connectivity index (χ4v) is 1.17. The third kappa shape index (κ3) is 8.07. The van der Waals surface area contributed by atoms with E-state index in [1.807, 2.05) is 6.92 Å². The lowest BCUT2D eigenvalue weighted by Gasteiger charge is -2.03. The number of hydrogen-bond acceptors (Lipinski definition) is 0. The number of halogens is 1. The SMILES string of the molecule is CC(Cl)CC#C[Si](C)(C)C. The van der Waals surface area contributed by atoms with Gasteiger partial charge in [0.05, 0.1) is 0 Å². The molecule has 0 amide bonds. The summed E-state index contributed by atoms with van der Waals surface area (Å²) < 4.78 is 0. The van der Waals surface area contributed by atoms with Gasteiger partial charge in [-0.3, -0.25) is 0 Å². The second-order valence-electron chi connectivity index (χ2n) is 3.54. The molecule has 0 aliphatic heterocycles. The second-order valence-corrected chi connectivity index (χ2v) is 9.03. The fraction of sp³-hybridized carbons (Fsp3) is 0.750. The topological polar surface area (TPSA) is 0 Å². The number of hydrogen-bond donors (Lipinski definition) is 0. The van der Waals surface area contributed by atoms with E-state index in [0.717, 1.165) is 6.42 Å². The Hall–Kier alpha value is 0.0669. The van der Waals surface area contributed by atoms with E-state index in [1.165, 1.54) is 0 Å². The van der Waals surface area contributed by atoms with E-state index in [0.29, 0.717) is 0 Å². The summed E-state index contributed by atoms with van der Waals surface area (Å²) >= 11 is 5.72. The van der Waals surface area contributed by atoms with Crippen molar-refractivity contribution in [3.8, 4) is 11.5 Å². The minimum Gasteiger partial charge on any atom is -0.132 e. The highest BCUT2D eigenvalue weighted by atomic mass is 35.5. The van der Waals surface area contributed by atoms with Gasteiger partial charge in [-0.15, -0.1) is 23.1 Å². The maximum absolute atomic E-state index is 5.72. The molecule has 0 aliphatic carbocycles. The van der Waals surface area contributed by atoms with Gasteiger partial charge in [0.1, 0.15) is 8.07 Å². The molecule has 0 N–H and O–H groups in total. The van der Waals surface area contributed by atoms with E-state index in [-0.39, 0.29) is 5.38 Å². The Morgan fingerprint density at radius 3 is 2.20 bits per heavy atom. The van der Waals surface area contributed by atoms with Crippen LogP contribution in [-0.4, -0.2) is 13.5 Å². The molecular weight excluding hydrogens is 160 g/mol. The predicted molar refractivity (Wildman–Crippen MR) is 51.1 cm³/mol. The second kappa shape index (κ2) is 4.05. The van der Waals surface area contributed by atoms with Crippen molar-refractivity contribution in [1.29, 1.82) is 0 Å². The molecule has 1 unspecified atom stereocenters. The maximum Gasteiger partial charge on any atom is 0.129 e. The van der Waals surface area contributed by atoms with Gasteiger partial charge in [-0.1, -0.05) is 19.6 Å². The monoisotopic (exact) mass is 174 g/mol. The summed E-state index contributed by atoms with van der Waals surface area (Å²) in [6.45, 7) is 8.68. The smallest absolute Gasteiger partial charge is 0.129 e. The van der Waals surface area contributed by atoms with Crippen LogP contribution in [0.1, 0.15) is 13.3 Å². The van der Waals surface area contributed by atoms with Crippen molar-refractivity contribution in [2.75, 3.05) is 0 Å². The van der Waals surface area contributed by atoms with E-state index >= 15 is 0 Å². The Labute approximate surface area is 70.0 Å². The minimum absolute atomic E-state index is 0.198. The molecule has 0 radical (unpaired) electrons. The summed E-state index contributed by atoms with van der Waals surface area (Å²) in [6, 6.07) is 0. The molecule has 2 heteroatoms. The lowest BCUT2D eigenvalue weighted by Crippen LogP contribution is -2.16. The highest BCUT2D eigenvalue weighted by molar-refractivity contribution is 6.83. The minimum atomic E-state index is -1.14. The van der Waals surface area contributed by atoms with Crippen LogP contribution in [-0.2, 0) is 0 Å². The van der Waals surface area contributed by atoms with Crippen LogP contribution in [0, 0.1) is 11.5 Å². The normalized spacial score (nSPS) is 13.7. The largest absolute Gasteiger partial charge is 0.132 e. The van der Waals surface area contributed by atoms with Crippen LogP contribution in [0.5, 0.6) is 0 Å². The van der Waals surface area contributed by atoms with Crippen molar-refractivity contribution >= 4 is 19.7 Å². The maximum atomic E-state index is 5.72. The van der Waals surface area contributed by atoms with Crippen molar-refractivity contribution in [2.45, 2.75) is 38.4 Å². The molecule has 0 aliphatic rings. The average molecular weight is 175 g/mol. The molecule has 1 atom stereocenters. The van der Waals surface area contributed by atoms with Crippen LogP contribution in [0.3, 0.4) is 0 Å². The molecule has 0 fully saturated rings. The zero-order valence-electron chi connectivity index (χ0n) is 7.16. The Kier molecular flexibility index (Phi) is 4.08. The fourth-order valence-electron chi connectivity index (χ4n) is 0.457. The Morgan fingerprint density at radius 1 is 1.40 bits per heavy atom. The highest BCUT2D eigenvalue weighted by Crippen LogP contribution is 2.00. The summed E-state index contributed by atoms with van der Waals surface area (Å²) in [6.07, 6.45) is 0.825. The zero-order valence-corrected chi connectivity index (χ0v) is 8.92. The van der Waals surface area contributed by atoms with E-state index in [4.69, 9.17) is 11.6 Å². The van der Waals surface area contributed by atoms with E-state index in [9.17, 15) is 0 Å². The van der Waals surface area contributed by atoms with Gasteiger partial charge in [-0.25, -0.2) is 0 Å². The van der Waals surface area contributed by atoms with Gasteiger partial charge >= 0.3 is 0 Å². The van der Waals surface area contributed by atoms with Crippen LogP contribution in [0.25, 0.3) is 0 Å². The molecule has 0 aromatic carbocycles. The van der Waals surface area contributed by atoms with E-state index in [1.54, 1.807) is 0 Å². The van der Waals surface area contributed by atoms with Crippen LogP contribution in [0.2, 0.25) is 19.6 Å². The quantitative estimate of drug-likeness (QED) is 0.326. The Balaban J connectivity index is 3.71. The third-order valence-corrected chi connectivity index (χ3v) is 1.93. The van der Waals surface area contributed by atoms with Crippen molar-refractivity contribution < 1.29 is 0 Å². The van der Waals surface area contributed by atoms with Crippen molar-refractivity contribution in [2.24, 2.45) is 0 Å². The molecule has 0 rings (SSSR count). The van der Waals surface area contributed by atoms with Crippen LogP contribution in [0.4, 0.5) is 0 Å². The molecule has 0 heterocycles. The lowest BCUT2D eigenvalue weighted by molar-refractivity contribution is 0.993. The molecule has 0 bridgehead atoms. The number of rotatable bonds is 1. The predicted octanol–water partition coefficient (Wildman–Crippen LogP) is 2.88. The van der Waals surface area contributed by atoms with Crippen LogP contribution in [0.15, 0.2) is 0 Å². The summed E-state index contributed by atoms with van der Waals surface area (Å²) in [4.78, 5) is 0. The molecule has 0 saturated heterocycles. The van der Waals surface area contributed by atoms with Gasteiger partial charge in [0, 0.05) is 11.8 Å². The molecular formula is C8H15ClSi. The van der Waals surface area contributed by atoms with Crippen LogP contribution >= 0.6 is 11.6 Å². The van der Waals surface area contributed by atoms with Gasteiger partial charge in [0.2, 0.25) is 0 Å². The van der Waals surface area contributed by atoms with E-state index < -0.39 is 8.07 Å². The third-order valence-electron chi connectivity index (χ3n) is 0.847. The molecule has 0 nitrogen and oxygen atoms in total. The molecule has 0 saturated carbocycles. The zero-order chi connectivity index (χ0) is 8.20. The average Bonchev–Trinajstić information content (AvgIpc) is 1.59. The molecule has 0 aromatic rings. The van der Waals surface area contributed by atoms with E-state index in [2.05, 4.69) is 31.1 Å². The summed E-state index contributed by atoms with van der Waals surface area (Å²) in [5.41, 5.74) is 3.26. The molecule has 58 valence electrons. The standard InChI is InChI=1S/C8H15ClSi/c1-8(9)6-5-7-10(2,3)4/h8H,6H2,1-4H3. The van der Waals surface area contributed by atoms with Gasteiger partial charge in [0.15, 0.2) is 0 Å². The molecule has 10 heavy (non-hydrogen) atoms. The lowest BCUT2D eigenvalue weighted by atomic mass is 10.3. The first-order valence-electron chi connectivity index (χ1n) is 3.56.